The molecule has 2 heterocycles. The van der Waals surface area contributed by atoms with Gasteiger partial charge in [-0.3, -0.25) is 0 Å². The lowest BCUT2D eigenvalue weighted by Gasteiger charge is -2.34. The molecule has 3 heteroatoms. The van der Waals surface area contributed by atoms with Gasteiger partial charge in [-0.15, -0.1) is 0 Å². The first kappa shape index (κ1) is 11.9. The Kier molecular flexibility index (Phi) is 3.18. The molecule has 0 aromatic rings. The van der Waals surface area contributed by atoms with Crippen LogP contribution in [0.2, 0.25) is 0 Å². The van der Waals surface area contributed by atoms with Crippen molar-refractivity contribution in [3.8, 4) is 0 Å². The van der Waals surface area contributed by atoms with E-state index in [1.165, 1.54) is 49.7 Å². The fraction of sp³-hybridized carbons (Fsp3) is 1.00. The topological polar surface area (TPSA) is 18.5 Å². The van der Waals surface area contributed by atoms with E-state index in [1.54, 1.807) is 0 Å². The van der Waals surface area contributed by atoms with E-state index >= 15 is 0 Å². The maximum absolute atomic E-state index is 6.28. The summed E-state index contributed by atoms with van der Waals surface area (Å²) in [6.07, 6.45) is 9.26. The number of nitrogens with zero attached hydrogens (tertiary/aromatic N) is 1. The molecule has 1 atom stereocenters. The Balaban J connectivity index is 1.56. The highest BCUT2D eigenvalue weighted by molar-refractivity contribution is 4.82. The summed E-state index contributed by atoms with van der Waals surface area (Å²) in [5.41, 5.74) is 0. The van der Waals surface area contributed by atoms with Gasteiger partial charge in [0, 0.05) is 25.7 Å². The second-order valence-electron chi connectivity index (χ2n) is 6.48. The molecular weight excluding hydrogens is 214 g/mol. The maximum Gasteiger partial charge on any atom is 0.169 e. The third kappa shape index (κ3) is 2.51. The normalized spacial score (nSPS) is 35.5. The van der Waals surface area contributed by atoms with Crippen molar-refractivity contribution in [2.24, 2.45) is 0 Å². The van der Waals surface area contributed by atoms with Gasteiger partial charge in [-0.25, -0.2) is 0 Å². The highest BCUT2D eigenvalue weighted by Crippen LogP contribution is 2.38. The van der Waals surface area contributed by atoms with E-state index < -0.39 is 0 Å². The van der Waals surface area contributed by atoms with E-state index in [9.17, 15) is 0 Å². The van der Waals surface area contributed by atoms with E-state index in [-0.39, 0.29) is 5.79 Å². The SMILES string of the molecule is C[N+]1(C[C@@H]2COC3(CCCCC3)O2)CCCC1. The highest BCUT2D eigenvalue weighted by Gasteiger charge is 2.45. The van der Waals surface area contributed by atoms with Gasteiger partial charge in [0.1, 0.15) is 12.6 Å². The lowest BCUT2D eigenvalue weighted by atomic mass is 9.94. The molecule has 0 aromatic carbocycles. The van der Waals surface area contributed by atoms with Crippen molar-refractivity contribution in [1.82, 2.24) is 0 Å². The van der Waals surface area contributed by atoms with E-state index in [1.807, 2.05) is 0 Å². The van der Waals surface area contributed by atoms with Crippen molar-refractivity contribution in [2.45, 2.75) is 56.8 Å². The predicted octanol–water partition coefficient (Wildman–Crippen LogP) is 2.30. The zero-order valence-electron chi connectivity index (χ0n) is 11.1. The van der Waals surface area contributed by atoms with E-state index in [0.29, 0.717) is 6.10 Å². The van der Waals surface area contributed by atoms with Crippen molar-refractivity contribution < 1.29 is 14.0 Å². The van der Waals surface area contributed by atoms with Gasteiger partial charge >= 0.3 is 0 Å². The molecule has 98 valence electrons. The maximum atomic E-state index is 6.28. The summed E-state index contributed by atoms with van der Waals surface area (Å²) >= 11 is 0. The van der Waals surface area contributed by atoms with Crippen LogP contribution in [-0.2, 0) is 9.47 Å². The second-order valence-corrected chi connectivity index (χ2v) is 6.48. The molecule has 3 fully saturated rings. The van der Waals surface area contributed by atoms with Crippen LogP contribution in [0.25, 0.3) is 0 Å². The van der Waals surface area contributed by atoms with Crippen molar-refractivity contribution >= 4 is 0 Å². The van der Waals surface area contributed by atoms with Crippen LogP contribution in [0.4, 0.5) is 0 Å². The average molecular weight is 240 g/mol. The van der Waals surface area contributed by atoms with Crippen LogP contribution in [0.3, 0.4) is 0 Å². The quantitative estimate of drug-likeness (QED) is 0.690. The lowest BCUT2D eigenvalue weighted by molar-refractivity contribution is -0.900. The summed E-state index contributed by atoms with van der Waals surface area (Å²) in [7, 11) is 2.38. The van der Waals surface area contributed by atoms with Crippen LogP contribution in [0.5, 0.6) is 0 Å². The Bertz CT molecular complexity index is 267. The Hall–Kier alpha value is -0.120. The molecule has 0 bridgehead atoms. The van der Waals surface area contributed by atoms with Crippen molar-refractivity contribution in [3.05, 3.63) is 0 Å². The molecule has 0 radical (unpaired) electrons. The largest absolute Gasteiger partial charge is 0.347 e. The summed E-state index contributed by atoms with van der Waals surface area (Å²) in [6, 6.07) is 0. The molecule has 2 aliphatic heterocycles. The number of rotatable bonds is 2. The number of hydrogen-bond donors (Lipinski definition) is 0. The third-order valence-corrected chi connectivity index (χ3v) is 4.82. The Labute approximate surface area is 105 Å². The highest BCUT2D eigenvalue weighted by atomic mass is 16.7. The monoisotopic (exact) mass is 240 g/mol. The molecular formula is C14H26NO2+. The third-order valence-electron chi connectivity index (χ3n) is 4.82. The standard InChI is InChI=1S/C14H26NO2/c1-15(9-5-6-10-15)11-13-12-16-14(17-13)7-3-2-4-8-14/h13H,2-12H2,1H3/q+1/t13-/m1/s1. The first-order valence-corrected chi connectivity index (χ1v) is 7.35. The molecule has 0 N–H and O–H groups in total. The molecule has 2 saturated heterocycles. The minimum absolute atomic E-state index is 0.179. The van der Waals surface area contributed by atoms with Crippen LogP contribution in [0, 0.1) is 0 Å². The van der Waals surface area contributed by atoms with E-state index in [2.05, 4.69) is 7.05 Å². The van der Waals surface area contributed by atoms with E-state index in [0.717, 1.165) is 26.0 Å². The van der Waals surface area contributed by atoms with Crippen LogP contribution >= 0.6 is 0 Å². The Morgan fingerprint density at radius 1 is 1.06 bits per heavy atom. The molecule has 1 aliphatic carbocycles. The Morgan fingerprint density at radius 3 is 2.47 bits per heavy atom. The minimum atomic E-state index is -0.179. The fourth-order valence-corrected chi connectivity index (χ4v) is 3.83. The molecule has 1 saturated carbocycles. The van der Waals surface area contributed by atoms with Crippen LogP contribution in [-0.4, -0.2) is 49.7 Å². The summed E-state index contributed by atoms with van der Waals surface area (Å²) < 4.78 is 13.5. The van der Waals surface area contributed by atoms with Gasteiger partial charge in [0.25, 0.3) is 0 Å². The zero-order valence-corrected chi connectivity index (χ0v) is 11.1. The van der Waals surface area contributed by atoms with Crippen LogP contribution < -0.4 is 0 Å². The smallest absolute Gasteiger partial charge is 0.169 e. The summed E-state index contributed by atoms with van der Waals surface area (Å²) in [4.78, 5) is 0. The average Bonchev–Trinajstić information content (AvgIpc) is 2.89. The number of ether oxygens (including phenoxy) is 2. The van der Waals surface area contributed by atoms with Crippen LogP contribution in [0.15, 0.2) is 0 Å². The second kappa shape index (κ2) is 4.52. The van der Waals surface area contributed by atoms with Gasteiger partial charge in [0.15, 0.2) is 5.79 Å². The number of hydrogen-bond acceptors (Lipinski definition) is 2. The Morgan fingerprint density at radius 2 is 1.76 bits per heavy atom. The predicted molar refractivity (Wildman–Crippen MR) is 66.7 cm³/mol. The van der Waals surface area contributed by atoms with Gasteiger partial charge < -0.3 is 14.0 Å². The first-order valence-electron chi connectivity index (χ1n) is 7.35. The minimum Gasteiger partial charge on any atom is -0.347 e. The van der Waals surface area contributed by atoms with Gasteiger partial charge in [0.2, 0.25) is 0 Å². The number of likely N-dealkylation sites (tertiary alicyclic amines) is 1. The summed E-state index contributed by atoms with van der Waals surface area (Å²) in [6.45, 7) is 4.63. The molecule has 3 nitrogen and oxygen atoms in total. The molecule has 0 aromatic heterocycles. The number of likely N-dealkylation sites (N-methyl/N-ethyl adjacent to an activating group) is 1. The lowest BCUT2D eigenvalue weighted by Crippen LogP contribution is -2.47. The van der Waals surface area contributed by atoms with Gasteiger partial charge in [-0.2, -0.15) is 0 Å². The van der Waals surface area contributed by atoms with Gasteiger partial charge in [-0.1, -0.05) is 6.42 Å². The molecule has 1 spiro atoms. The fourth-order valence-electron chi connectivity index (χ4n) is 3.83. The van der Waals surface area contributed by atoms with Crippen LogP contribution in [0.1, 0.15) is 44.9 Å². The molecule has 3 rings (SSSR count). The van der Waals surface area contributed by atoms with Crippen molar-refractivity contribution in [1.29, 1.82) is 0 Å². The van der Waals surface area contributed by atoms with E-state index in [4.69, 9.17) is 9.47 Å². The van der Waals surface area contributed by atoms with Crippen molar-refractivity contribution in [2.75, 3.05) is 33.3 Å². The van der Waals surface area contributed by atoms with Gasteiger partial charge in [-0.05, 0) is 12.8 Å². The summed E-state index contributed by atoms with van der Waals surface area (Å²) in [5, 5.41) is 0. The van der Waals surface area contributed by atoms with Gasteiger partial charge in [0.05, 0.1) is 26.7 Å². The zero-order chi connectivity index (χ0) is 11.8. The molecule has 0 amide bonds. The van der Waals surface area contributed by atoms with Crippen molar-refractivity contribution in [3.63, 3.8) is 0 Å². The molecule has 0 unspecified atom stereocenters. The molecule has 17 heavy (non-hydrogen) atoms. The molecule has 3 aliphatic rings. The summed E-state index contributed by atoms with van der Waals surface area (Å²) in [5.74, 6) is -0.179. The first-order chi connectivity index (χ1) is 8.20. The number of quaternary nitrogens is 1.